The van der Waals surface area contributed by atoms with E-state index in [1.807, 2.05) is 13.8 Å². The zero-order chi connectivity index (χ0) is 30.3. The lowest BCUT2D eigenvalue weighted by molar-refractivity contribution is -0.143. The highest BCUT2D eigenvalue weighted by Crippen LogP contribution is 2.27. The summed E-state index contributed by atoms with van der Waals surface area (Å²) in [5, 5.41) is 5.53. The van der Waals surface area contributed by atoms with Gasteiger partial charge in [-0.3, -0.25) is 14.4 Å². The van der Waals surface area contributed by atoms with Crippen LogP contribution in [0.15, 0.2) is 24.3 Å². The van der Waals surface area contributed by atoms with Gasteiger partial charge in [0, 0.05) is 24.6 Å². The predicted molar refractivity (Wildman–Crippen MR) is 157 cm³/mol. The zero-order valence-corrected chi connectivity index (χ0v) is 25.0. The van der Waals surface area contributed by atoms with Gasteiger partial charge in [0.1, 0.15) is 17.7 Å². The number of alkyl carbamates (subject to hydrolysis) is 1. The van der Waals surface area contributed by atoms with Gasteiger partial charge in [0.25, 0.3) is 0 Å². The summed E-state index contributed by atoms with van der Waals surface area (Å²) in [5.74, 6) is 1.11. The molecule has 40 heavy (non-hydrogen) atoms. The van der Waals surface area contributed by atoms with Gasteiger partial charge in [-0.05, 0) is 59.1 Å². The number of ether oxygens (including phenoxy) is 1. The Labute approximate surface area is 240 Å². The lowest BCUT2D eigenvalue weighted by Crippen LogP contribution is -2.54. The maximum atomic E-state index is 14.2. The fourth-order valence-corrected chi connectivity index (χ4v) is 4.30. The van der Waals surface area contributed by atoms with Gasteiger partial charge in [-0.2, -0.15) is 0 Å². The number of nitrogens with one attached hydrogen (secondary N) is 2. The second-order valence-corrected chi connectivity index (χ2v) is 11.3. The first-order valence-electron chi connectivity index (χ1n) is 14.2. The molecule has 0 spiro atoms. The van der Waals surface area contributed by atoms with Gasteiger partial charge in [0.2, 0.25) is 17.7 Å². The van der Waals surface area contributed by atoms with E-state index in [0.717, 1.165) is 32.1 Å². The lowest BCUT2D eigenvalue weighted by atomic mass is 9.96. The van der Waals surface area contributed by atoms with Crippen molar-refractivity contribution in [2.45, 2.75) is 117 Å². The molecule has 1 rings (SSSR count). The van der Waals surface area contributed by atoms with Gasteiger partial charge in [0.05, 0.1) is 0 Å². The van der Waals surface area contributed by atoms with Gasteiger partial charge in [0.15, 0.2) is 0 Å². The molecule has 0 bridgehead atoms. The van der Waals surface area contributed by atoms with E-state index >= 15 is 0 Å². The predicted octanol–water partition coefficient (Wildman–Crippen LogP) is 4.58. The van der Waals surface area contributed by atoms with Crippen LogP contribution in [0.5, 0.6) is 0 Å². The van der Waals surface area contributed by atoms with Gasteiger partial charge in [-0.1, -0.05) is 63.1 Å². The van der Waals surface area contributed by atoms with Crippen LogP contribution in [0.25, 0.3) is 0 Å². The largest absolute Gasteiger partial charge is 0.444 e. The Morgan fingerprint density at radius 2 is 1.65 bits per heavy atom. The average molecular weight is 557 g/mol. The van der Waals surface area contributed by atoms with Crippen LogP contribution >= 0.6 is 0 Å². The molecule has 0 aromatic heterocycles. The molecule has 0 saturated heterocycles. The molecule has 4 amide bonds. The Morgan fingerprint density at radius 1 is 1.02 bits per heavy atom. The van der Waals surface area contributed by atoms with Crippen molar-refractivity contribution in [3.63, 3.8) is 0 Å². The van der Waals surface area contributed by atoms with E-state index in [9.17, 15) is 19.2 Å². The number of carbonyl (C=O) groups is 4. The van der Waals surface area contributed by atoms with Crippen LogP contribution in [-0.4, -0.2) is 52.9 Å². The third-order valence-corrected chi connectivity index (χ3v) is 6.11. The molecule has 1 aromatic rings. The first-order chi connectivity index (χ1) is 18.8. The number of terminal acetylenes is 1. The highest BCUT2D eigenvalue weighted by Gasteiger charge is 2.37. The smallest absolute Gasteiger partial charge is 0.408 e. The van der Waals surface area contributed by atoms with Gasteiger partial charge in [-0.15, -0.1) is 6.42 Å². The maximum Gasteiger partial charge on any atom is 0.408 e. The minimum atomic E-state index is -1.14. The third-order valence-electron chi connectivity index (χ3n) is 6.11. The molecule has 1 aromatic carbocycles. The number of primary amides is 1. The fraction of sp³-hybridized carbons (Fsp3) is 0.613. The molecule has 0 heterocycles. The SMILES string of the molecule is C#Cc1ccccc1C(C(=O)NC(C)C)N(CCCCCCCC)C(=O)C(CCC(N)=O)NC(=O)OC(C)(C)C. The van der Waals surface area contributed by atoms with Gasteiger partial charge in [-0.25, -0.2) is 4.79 Å². The van der Waals surface area contributed by atoms with E-state index in [4.69, 9.17) is 16.9 Å². The summed E-state index contributed by atoms with van der Waals surface area (Å²) in [6.07, 6.45) is 10.6. The van der Waals surface area contributed by atoms with E-state index < -0.39 is 35.6 Å². The number of hydrogen-bond donors (Lipinski definition) is 3. The molecule has 0 aliphatic carbocycles. The van der Waals surface area contributed by atoms with E-state index in [1.54, 1.807) is 45.0 Å². The van der Waals surface area contributed by atoms with E-state index in [-0.39, 0.29) is 31.3 Å². The molecule has 4 N–H and O–H groups in total. The number of carbonyl (C=O) groups excluding carboxylic acids is 4. The molecule has 0 fully saturated rings. The summed E-state index contributed by atoms with van der Waals surface area (Å²) < 4.78 is 5.38. The standard InChI is InChI=1S/C31H48N4O5/c1-8-10-11-12-13-16-21-35(27(28(37)33-22(3)4)24-18-15-14-17-23(24)9-2)29(38)25(19-20-26(32)36)34-30(39)40-31(5,6)7/h2,14-15,17-18,22,25,27H,8,10-13,16,19-21H2,1,3-7H3,(H2,32,36)(H,33,37)(H,34,39). The first kappa shape index (κ1) is 34.5. The van der Waals surface area contributed by atoms with Crippen molar-refractivity contribution in [2.75, 3.05) is 6.54 Å². The number of rotatable bonds is 16. The normalized spacial score (nSPS) is 12.7. The molecule has 9 nitrogen and oxygen atoms in total. The van der Waals surface area contributed by atoms with Crippen LogP contribution in [0.3, 0.4) is 0 Å². The average Bonchev–Trinajstić information content (AvgIpc) is 2.85. The molecule has 0 saturated carbocycles. The molecular weight excluding hydrogens is 508 g/mol. The molecule has 9 heteroatoms. The second kappa shape index (κ2) is 17.2. The topological polar surface area (TPSA) is 131 Å². The Bertz CT molecular complexity index is 1030. The number of hydrogen-bond acceptors (Lipinski definition) is 5. The van der Waals surface area contributed by atoms with E-state index in [2.05, 4.69) is 23.5 Å². The van der Waals surface area contributed by atoms with Crippen LogP contribution in [0.1, 0.15) is 110 Å². The fourth-order valence-electron chi connectivity index (χ4n) is 4.30. The second-order valence-electron chi connectivity index (χ2n) is 11.3. The number of nitrogens with zero attached hydrogens (tertiary/aromatic N) is 1. The number of unbranched alkanes of at least 4 members (excludes halogenated alkanes) is 5. The van der Waals surface area contributed by atoms with Crippen LogP contribution < -0.4 is 16.4 Å². The third kappa shape index (κ3) is 12.5. The number of nitrogens with two attached hydrogens (primary N) is 1. The molecule has 0 aliphatic heterocycles. The minimum Gasteiger partial charge on any atom is -0.444 e. The number of amides is 4. The van der Waals surface area contributed by atoms with E-state index in [0.29, 0.717) is 17.5 Å². The van der Waals surface area contributed by atoms with Crippen molar-refractivity contribution in [1.82, 2.24) is 15.5 Å². The van der Waals surface area contributed by atoms with Crippen molar-refractivity contribution in [3.8, 4) is 12.3 Å². The van der Waals surface area contributed by atoms with Crippen molar-refractivity contribution in [3.05, 3.63) is 35.4 Å². The summed E-state index contributed by atoms with van der Waals surface area (Å²) in [6, 6.07) is 4.62. The summed E-state index contributed by atoms with van der Waals surface area (Å²) in [5.41, 5.74) is 5.58. The van der Waals surface area contributed by atoms with E-state index in [1.165, 1.54) is 4.90 Å². The summed E-state index contributed by atoms with van der Waals surface area (Å²) >= 11 is 0. The highest BCUT2D eigenvalue weighted by molar-refractivity contribution is 5.93. The molecule has 222 valence electrons. The Kier molecular flexibility index (Phi) is 14.8. The molecular formula is C31H48N4O5. The summed E-state index contributed by atoms with van der Waals surface area (Å²) in [6.45, 7) is 11.2. The van der Waals surface area contributed by atoms with Crippen LogP contribution in [0.2, 0.25) is 0 Å². The Balaban J connectivity index is 3.53. The summed E-state index contributed by atoms with van der Waals surface area (Å²) in [4.78, 5) is 53.7. The monoisotopic (exact) mass is 556 g/mol. The van der Waals surface area contributed by atoms with Crippen LogP contribution in [0, 0.1) is 12.3 Å². The van der Waals surface area contributed by atoms with Crippen LogP contribution in [0.4, 0.5) is 4.79 Å². The minimum absolute atomic E-state index is 0.0459. The van der Waals surface area contributed by atoms with Gasteiger partial charge >= 0.3 is 6.09 Å². The molecule has 2 atom stereocenters. The number of benzene rings is 1. The first-order valence-corrected chi connectivity index (χ1v) is 14.2. The van der Waals surface area contributed by atoms with Crippen molar-refractivity contribution in [2.24, 2.45) is 5.73 Å². The summed E-state index contributed by atoms with van der Waals surface area (Å²) in [7, 11) is 0. The molecule has 0 radical (unpaired) electrons. The van der Waals surface area contributed by atoms with Crippen molar-refractivity contribution in [1.29, 1.82) is 0 Å². The van der Waals surface area contributed by atoms with Crippen molar-refractivity contribution < 1.29 is 23.9 Å². The highest BCUT2D eigenvalue weighted by atomic mass is 16.6. The maximum absolute atomic E-state index is 14.2. The Hall–Kier alpha value is -3.54. The zero-order valence-electron chi connectivity index (χ0n) is 25.0. The molecule has 0 aliphatic rings. The quantitative estimate of drug-likeness (QED) is 0.203. The van der Waals surface area contributed by atoms with Crippen molar-refractivity contribution >= 4 is 23.8 Å². The molecule has 2 unspecified atom stereocenters. The lowest BCUT2D eigenvalue weighted by Gasteiger charge is -2.35. The van der Waals surface area contributed by atoms with Crippen LogP contribution in [-0.2, 0) is 19.1 Å². The Morgan fingerprint density at radius 3 is 2.23 bits per heavy atom. The van der Waals surface area contributed by atoms with Gasteiger partial charge < -0.3 is 26.0 Å².